The van der Waals surface area contributed by atoms with Crippen molar-refractivity contribution in [3.8, 4) is 17.2 Å². The highest BCUT2D eigenvalue weighted by atomic mass is 32.2. The van der Waals surface area contributed by atoms with Gasteiger partial charge in [-0.25, -0.2) is 0 Å². The fourth-order valence-electron chi connectivity index (χ4n) is 3.42. The molecule has 3 aromatic carbocycles. The van der Waals surface area contributed by atoms with Gasteiger partial charge in [-0.3, -0.25) is 19.8 Å². The molecule has 3 aromatic rings. The van der Waals surface area contributed by atoms with Crippen molar-refractivity contribution in [2.45, 2.75) is 6.54 Å². The lowest BCUT2D eigenvalue weighted by Gasteiger charge is -2.14. The van der Waals surface area contributed by atoms with Gasteiger partial charge in [0, 0.05) is 12.1 Å². The van der Waals surface area contributed by atoms with Gasteiger partial charge in [-0.2, -0.15) is 0 Å². The normalized spacial score (nSPS) is 14.2. The van der Waals surface area contributed by atoms with E-state index in [9.17, 15) is 14.9 Å². The number of non-ortho nitro benzene ring substituents is 1. The van der Waals surface area contributed by atoms with Crippen LogP contribution in [0.5, 0.6) is 17.2 Å². The standard InChI is InChI=1S/C26H22N2O6S2/c1-32-23-15-19(16-24-25(29)27(26(35)36-24)17-18-5-3-2-4-6-18)7-12-22(23)34-14-13-33-21-10-8-20(9-11-21)28(30)31/h2-12,15-16H,13-14,17H2,1H3/b24-16-. The Labute approximate surface area is 217 Å². The van der Waals surface area contributed by atoms with Crippen LogP contribution < -0.4 is 14.2 Å². The maximum Gasteiger partial charge on any atom is 0.269 e. The number of amides is 1. The van der Waals surface area contributed by atoms with E-state index in [0.29, 0.717) is 33.0 Å². The van der Waals surface area contributed by atoms with Crippen LogP contribution in [-0.4, -0.2) is 40.4 Å². The maximum atomic E-state index is 12.9. The third-order valence-electron chi connectivity index (χ3n) is 5.20. The van der Waals surface area contributed by atoms with Crippen molar-refractivity contribution >= 4 is 46.0 Å². The van der Waals surface area contributed by atoms with Crippen molar-refractivity contribution in [3.05, 3.63) is 98.9 Å². The van der Waals surface area contributed by atoms with E-state index in [2.05, 4.69) is 0 Å². The Hall–Kier alpha value is -3.89. The van der Waals surface area contributed by atoms with Gasteiger partial charge in [0.2, 0.25) is 0 Å². The highest BCUT2D eigenvalue weighted by Crippen LogP contribution is 2.35. The summed E-state index contributed by atoms with van der Waals surface area (Å²) in [5.41, 5.74) is 1.79. The first kappa shape index (κ1) is 25.2. The number of hydrogen-bond acceptors (Lipinski definition) is 8. The third kappa shape index (κ3) is 6.21. The predicted molar refractivity (Wildman–Crippen MR) is 142 cm³/mol. The highest BCUT2D eigenvalue weighted by molar-refractivity contribution is 8.26. The summed E-state index contributed by atoms with van der Waals surface area (Å²) >= 11 is 6.71. The second kappa shape index (κ2) is 11.7. The molecule has 0 spiro atoms. The summed E-state index contributed by atoms with van der Waals surface area (Å²) in [6.45, 7) is 0.915. The third-order valence-corrected chi connectivity index (χ3v) is 6.58. The van der Waals surface area contributed by atoms with Crippen molar-refractivity contribution < 1.29 is 23.9 Å². The number of rotatable bonds is 10. The molecule has 36 heavy (non-hydrogen) atoms. The van der Waals surface area contributed by atoms with Crippen LogP contribution in [-0.2, 0) is 11.3 Å². The average molecular weight is 523 g/mol. The van der Waals surface area contributed by atoms with E-state index in [1.807, 2.05) is 36.4 Å². The number of carbonyl (C=O) groups excluding carboxylic acids is 1. The van der Waals surface area contributed by atoms with E-state index in [1.54, 1.807) is 30.2 Å². The first-order valence-electron chi connectivity index (χ1n) is 10.9. The van der Waals surface area contributed by atoms with E-state index in [1.165, 1.54) is 36.0 Å². The van der Waals surface area contributed by atoms with E-state index in [0.717, 1.165) is 11.1 Å². The summed E-state index contributed by atoms with van der Waals surface area (Å²) < 4.78 is 17.3. The van der Waals surface area contributed by atoms with Gasteiger partial charge in [0.05, 0.1) is 23.5 Å². The number of benzene rings is 3. The van der Waals surface area contributed by atoms with Crippen LogP contribution in [0.15, 0.2) is 77.7 Å². The fourth-order valence-corrected chi connectivity index (χ4v) is 4.68. The Morgan fingerprint density at radius 3 is 2.42 bits per heavy atom. The minimum absolute atomic E-state index is 0.00169. The molecule has 0 aliphatic carbocycles. The summed E-state index contributed by atoms with van der Waals surface area (Å²) in [6, 6.07) is 20.9. The minimum Gasteiger partial charge on any atom is -0.493 e. The Balaban J connectivity index is 1.36. The molecular formula is C26H22N2O6S2. The fraction of sp³-hybridized carbons (Fsp3) is 0.154. The Bertz CT molecular complexity index is 1300. The van der Waals surface area contributed by atoms with Gasteiger partial charge in [0.1, 0.15) is 23.3 Å². The van der Waals surface area contributed by atoms with E-state index < -0.39 is 4.92 Å². The highest BCUT2D eigenvalue weighted by Gasteiger charge is 2.32. The first-order valence-corrected chi connectivity index (χ1v) is 12.1. The van der Waals surface area contributed by atoms with Gasteiger partial charge in [0.25, 0.3) is 11.6 Å². The minimum atomic E-state index is -0.463. The number of thiocarbonyl (C=S) groups is 1. The van der Waals surface area contributed by atoms with Gasteiger partial charge >= 0.3 is 0 Å². The van der Waals surface area contributed by atoms with Gasteiger partial charge in [0.15, 0.2) is 11.5 Å². The molecule has 1 aliphatic heterocycles. The zero-order chi connectivity index (χ0) is 25.5. The van der Waals surface area contributed by atoms with Gasteiger partial charge in [-0.1, -0.05) is 60.4 Å². The molecule has 8 nitrogen and oxygen atoms in total. The van der Waals surface area contributed by atoms with Crippen LogP contribution in [0.3, 0.4) is 0 Å². The lowest BCUT2D eigenvalue weighted by molar-refractivity contribution is -0.384. The summed E-state index contributed by atoms with van der Waals surface area (Å²) in [5.74, 6) is 1.42. The molecule has 0 saturated carbocycles. The number of thioether (sulfide) groups is 1. The number of carbonyl (C=O) groups is 1. The molecule has 1 amide bonds. The molecule has 0 N–H and O–H groups in total. The molecule has 4 rings (SSSR count). The van der Waals surface area contributed by atoms with Crippen LogP contribution in [0.2, 0.25) is 0 Å². The average Bonchev–Trinajstić information content (AvgIpc) is 3.15. The van der Waals surface area contributed by atoms with Crippen molar-refractivity contribution in [2.75, 3.05) is 20.3 Å². The summed E-state index contributed by atoms with van der Waals surface area (Å²) in [7, 11) is 1.54. The molecule has 0 bridgehead atoms. The van der Waals surface area contributed by atoms with Crippen molar-refractivity contribution in [1.82, 2.24) is 4.90 Å². The van der Waals surface area contributed by atoms with Crippen molar-refractivity contribution in [3.63, 3.8) is 0 Å². The van der Waals surface area contributed by atoms with Crippen LogP contribution >= 0.6 is 24.0 Å². The second-order valence-electron chi connectivity index (χ2n) is 7.61. The molecule has 0 atom stereocenters. The molecule has 1 heterocycles. The Morgan fingerprint density at radius 1 is 1.00 bits per heavy atom. The van der Waals surface area contributed by atoms with Crippen LogP contribution in [0.1, 0.15) is 11.1 Å². The number of nitro benzene ring substituents is 1. The molecule has 0 unspecified atom stereocenters. The van der Waals surface area contributed by atoms with Crippen molar-refractivity contribution in [1.29, 1.82) is 0 Å². The molecule has 184 valence electrons. The van der Waals surface area contributed by atoms with Gasteiger partial charge < -0.3 is 14.2 Å². The van der Waals surface area contributed by atoms with Crippen LogP contribution in [0.25, 0.3) is 6.08 Å². The topological polar surface area (TPSA) is 91.1 Å². The summed E-state index contributed by atoms with van der Waals surface area (Å²) in [4.78, 5) is 25.3. The molecule has 1 fully saturated rings. The quantitative estimate of drug-likeness (QED) is 0.114. The SMILES string of the molecule is COc1cc(/C=C2\SC(=S)N(Cc3ccccc3)C2=O)ccc1OCCOc1ccc([N+](=O)[O-])cc1. The zero-order valence-corrected chi connectivity index (χ0v) is 20.9. The Kier molecular flexibility index (Phi) is 8.19. The molecule has 0 aromatic heterocycles. The lowest BCUT2D eigenvalue weighted by Crippen LogP contribution is -2.27. The second-order valence-corrected chi connectivity index (χ2v) is 9.29. The first-order chi connectivity index (χ1) is 17.4. The van der Waals surface area contributed by atoms with E-state index in [4.69, 9.17) is 26.4 Å². The molecule has 10 heteroatoms. The van der Waals surface area contributed by atoms with Gasteiger partial charge in [-0.15, -0.1) is 0 Å². The smallest absolute Gasteiger partial charge is 0.269 e. The number of ether oxygens (including phenoxy) is 3. The largest absolute Gasteiger partial charge is 0.493 e. The number of nitrogens with zero attached hydrogens (tertiary/aromatic N) is 2. The maximum absolute atomic E-state index is 12.9. The van der Waals surface area contributed by atoms with Crippen LogP contribution in [0.4, 0.5) is 5.69 Å². The lowest BCUT2D eigenvalue weighted by atomic mass is 10.1. The predicted octanol–water partition coefficient (Wildman–Crippen LogP) is 5.46. The van der Waals surface area contributed by atoms with Gasteiger partial charge in [-0.05, 0) is 41.5 Å². The molecule has 1 aliphatic rings. The molecular weight excluding hydrogens is 500 g/mol. The number of nitro groups is 1. The van der Waals surface area contributed by atoms with E-state index >= 15 is 0 Å². The summed E-state index contributed by atoms with van der Waals surface area (Å²) in [6.07, 6.45) is 1.79. The zero-order valence-electron chi connectivity index (χ0n) is 19.3. The molecule has 1 saturated heterocycles. The monoisotopic (exact) mass is 522 g/mol. The Morgan fingerprint density at radius 2 is 1.72 bits per heavy atom. The van der Waals surface area contributed by atoms with E-state index in [-0.39, 0.29) is 24.8 Å². The molecule has 0 radical (unpaired) electrons. The summed E-state index contributed by atoms with van der Waals surface area (Å²) in [5, 5.41) is 10.7. The van der Waals surface area contributed by atoms with Crippen molar-refractivity contribution in [2.24, 2.45) is 0 Å². The number of hydrogen-bond donors (Lipinski definition) is 0. The van der Waals surface area contributed by atoms with Crippen LogP contribution in [0, 0.1) is 10.1 Å². The number of methoxy groups -OCH3 is 1.